The van der Waals surface area contributed by atoms with Crippen LogP contribution in [0.15, 0.2) is 4.99 Å². The largest absolute Gasteiger partial charge is 0.356 e. The molecule has 106 valence electrons. The van der Waals surface area contributed by atoms with Crippen LogP contribution in [-0.4, -0.2) is 58.0 Å². The average molecular weight is 275 g/mol. The molecule has 1 aliphatic rings. The lowest BCUT2D eigenvalue weighted by atomic mass is 9.93. The first-order chi connectivity index (χ1) is 8.23. The molecule has 5 nitrogen and oxygen atoms in total. The van der Waals surface area contributed by atoms with Crippen LogP contribution in [-0.2, 0) is 9.84 Å². The van der Waals surface area contributed by atoms with Crippen molar-refractivity contribution in [1.82, 2.24) is 10.2 Å². The highest BCUT2D eigenvalue weighted by molar-refractivity contribution is 7.90. The van der Waals surface area contributed by atoms with Gasteiger partial charge in [-0.2, -0.15) is 0 Å². The van der Waals surface area contributed by atoms with Gasteiger partial charge in [-0.25, -0.2) is 8.42 Å². The minimum absolute atomic E-state index is 0.225. The summed E-state index contributed by atoms with van der Waals surface area (Å²) in [4.78, 5) is 6.49. The van der Waals surface area contributed by atoms with Crippen molar-refractivity contribution < 1.29 is 8.42 Å². The van der Waals surface area contributed by atoms with E-state index in [4.69, 9.17) is 0 Å². The van der Waals surface area contributed by atoms with Crippen LogP contribution in [0.1, 0.15) is 26.7 Å². The van der Waals surface area contributed by atoms with E-state index in [0.29, 0.717) is 18.4 Å². The van der Waals surface area contributed by atoms with Crippen LogP contribution in [0.4, 0.5) is 0 Å². The van der Waals surface area contributed by atoms with Crippen LogP contribution in [0.3, 0.4) is 0 Å². The predicted octanol–water partition coefficient (Wildman–Crippen LogP) is 0.728. The van der Waals surface area contributed by atoms with E-state index in [1.807, 2.05) is 0 Å². The summed E-state index contributed by atoms with van der Waals surface area (Å²) in [5.74, 6) is 1.11. The second-order valence-corrected chi connectivity index (χ2v) is 8.05. The number of hydrogen-bond acceptors (Lipinski definition) is 3. The molecule has 6 heteroatoms. The molecule has 0 atom stereocenters. The van der Waals surface area contributed by atoms with Gasteiger partial charge in [0.2, 0.25) is 0 Å². The second-order valence-electron chi connectivity index (χ2n) is 5.79. The van der Waals surface area contributed by atoms with Gasteiger partial charge in [0.05, 0.1) is 5.75 Å². The van der Waals surface area contributed by atoms with Crippen molar-refractivity contribution in [1.29, 1.82) is 0 Å². The molecule has 1 N–H and O–H groups in total. The van der Waals surface area contributed by atoms with E-state index in [0.717, 1.165) is 25.5 Å². The molecule has 0 spiro atoms. The molecule has 1 rings (SSSR count). The highest BCUT2D eigenvalue weighted by Gasteiger charge is 2.30. The molecule has 0 bridgehead atoms. The predicted molar refractivity (Wildman–Crippen MR) is 75.7 cm³/mol. The third-order valence-electron chi connectivity index (χ3n) is 3.16. The van der Waals surface area contributed by atoms with Crippen LogP contribution in [0.25, 0.3) is 0 Å². The van der Waals surface area contributed by atoms with E-state index in [2.05, 4.69) is 29.1 Å². The first-order valence-electron chi connectivity index (χ1n) is 6.37. The Morgan fingerprint density at radius 3 is 2.56 bits per heavy atom. The van der Waals surface area contributed by atoms with E-state index in [-0.39, 0.29) is 5.75 Å². The van der Waals surface area contributed by atoms with Crippen LogP contribution < -0.4 is 5.32 Å². The Labute approximate surface area is 111 Å². The molecule has 1 saturated heterocycles. The Morgan fingerprint density at radius 1 is 1.44 bits per heavy atom. The minimum Gasteiger partial charge on any atom is -0.356 e. The summed E-state index contributed by atoms with van der Waals surface area (Å²) < 4.78 is 22.0. The van der Waals surface area contributed by atoms with E-state index >= 15 is 0 Å². The number of guanidine groups is 1. The van der Waals surface area contributed by atoms with Crippen LogP contribution in [0.2, 0.25) is 0 Å². The fraction of sp³-hybridized carbons (Fsp3) is 0.917. The van der Waals surface area contributed by atoms with E-state index in [9.17, 15) is 8.42 Å². The monoisotopic (exact) mass is 275 g/mol. The van der Waals surface area contributed by atoms with Crippen molar-refractivity contribution in [2.24, 2.45) is 10.4 Å². The number of rotatable bonds is 4. The quantitative estimate of drug-likeness (QED) is 0.467. The summed E-state index contributed by atoms with van der Waals surface area (Å²) in [5.41, 5.74) is 0.338. The molecule has 0 aromatic rings. The lowest BCUT2D eigenvalue weighted by molar-refractivity contribution is 0.370. The topological polar surface area (TPSA) is 61.8 Å². The maximum Gasteiger partial charge on any atom is 0.193 e. The molecule has 0 radical (unpaired) electrons. The smallest absolute Gasteiger partial charge is 0.193 e. The van der Waals surface area contributed by atoms with Crippen LogP contribution >= 0.6 is 0 Å². The first kappa shape index (κ1) is 15.3. The Morgan fingerprint density at radius 2 is 2.11 bits per heavy atom. The van der Waals surface area contributed by atoms with Crippen LogP contribution in [0, 0.1) is 5.41 Å². The third kappa shape index (κ3) is 5.25. The molecule has 0 aliphatic carbocycles. The molecule has 18 heavy (non-hydrogen) atoms. The fourth-order valence-electron chi connectivity index (χ4n) is 2.16. The highest BCUT2D eigenvalue weighted by Crippen LogP contribution is 2.28. The lowest BCUT2D eigenvalue weighted by Gasteiger charge is -2.23. The summed E-state index contributed by atoms with van der Waals surface area (Å²) in [6.45, 7) is 7.17. The van der Waals surface area contributed by atoms with Gasteiger partial charge >= 0.3 is 0 Å². The summed E-state index contributed by atoms with van der Waals surface area (Å²) in [5, 5.41) is 3.23. The molecule has 0 amide bonds. The second kappa shape index (κ2) is 5.91. The molecule has 0 unspecified atom stereocenters. The Kier molecular flexibility index (Phi) is 5.01. The standard InChI is InChI=1S/C12H25N3O2S/c1-12(2)6-8-15(10-12)11(13-3)14-7-5-9-18(4,16)17/h5-10H2,1-4H3,(H,13,14). The molecule has 1 heterocycles. The highest BCUT2D eigenvalue weighted by atomic mass is 32.2. The zero-order chi connectivity index (χ0) is 13.8. The number of sulfone groups is 1. The average Bonchev–Trinajstić information content (AvgIpc) is 2.57. The van der Waals surface area contributed by atoms with Gasteiger partial charge in [0.25, 0.3) is 0 Å². The molecular formula is C12H25N3O2S. The van der Waals surface area contributed by atoms with Gasteiger partial charge in [0.1, 0.15) is 9.84 Å². The van der Waals surface area contributed by atoms with Gasteiger partial charge in [-0.15, -0.1) is 0 Å². The van der Waals surface area contributed by atoms with Gasteiger partial charge in [0, 0.05) is 32.9 Å². The van der Waals surface area contributed by atoms with Crippen molar-refractivity contribution in [3.8, 4) is 0 Å². The van der Waals surface area contributed by atoms with Crippen LogP contribution in [0.5, 0.6) is 0 Å². The van der Waals surface area contributed by atoms with Gasteiger partial charge < -0.3 is 10.2 Å². The number of aliphatic imine (C=N–C) groups is 1. The summed E-state index contributed by atoms with van der Waals surface area (Å²) >= 11 is 0. The van der Waals surface area contributed by atoms with Crippen molar-refractivity contribution in [2.45, 2.75) is 26.7 Å². The fourth-order valence-corrected chi connectivity index (χ4v) is 2.83. The van der Waals surface area contributed by atoms with Crippen molar-refractivity contribution in [3.05, 3.63) is 0 Å². The normalized spacial score (nSPS) is 20.2. The van der Waals surface area contributed by atoms with Gasteiger partial charge in [0.15, 0.2) is 5.96 Å². The Hall–Kier alpha value is -0.780. The Bertz CT molecular complexity index is 402. The van der Waals surface area contributed by atoms with Crippen molar-refractivity contribution in [3.63, 3.8) is 0 Å². The molecule has 0 aromatic carbocycles. The lowest BCUT2D eigenvalue weighted by Crippen LogP contribution is -2.41. The first-order valence-corrected chi connectivity index (χ1v) is 8.43. The number of nitrogens with zero attached hydrogens (tertiary/aromatic N) is 2. The molecule has 0 saturated carbocycles. The number of hydrogen-bond donors (Lipinski definition) is 1. The van der Waals surface area contributed by atoms with E-state index in [1.165, 1.54) is 6.26 Å². The number of likely N-dealkylation sites (tertiary alicyclic amines) is 1. The number of nitrogens with one attached hydrogen (secondary N) is 1. The Balaban J connectivity index is 2.36. The zero-order valence-corrected chi connectivity index (χ0v) is 12.7. The zero-order valence-electron chi connectivity index (χ0n) is 11.9. The van der Waals surface area contributed by atoms with Gasteiger partial charge in [-0.05, 0) is 18.3 Å². The summed E-state index contributed by atoms with van der Waals surface area (Å²) in [6, 6.07) is 0. The molecular weight excluding hydrogens is 250 g/mol. The van der Waals surface area contributed by atoms with Gasteiger partial charge in [-0.3, -0.25) is 4.99 Å². The third-order valence-corrected chi connectivity index (χ3v) is 4.19. The molecule has 1 aliphatic heterocycles. The maximum atomic E-state index is 11.0. The molecule has 0 aromatic heterocycles. The minimum atomic E-state index is -2.86. The maximum absolute atomic E-state index is 11.0. The van der Waals surface area contributed by atoms with E-state index in [1.54, 1.807) is 7.05 Å². The van der Waals surface area contributed by atoms with Crippen molar-refractivity contribution in [2.75, 3.05) is 38.7 Å². The molecule has 1 fully saturated rings. The van der Waals surface area contributed by atoms with Gasteiger partial charge in [-0.1, -0.05) is 13.8 Å². The SMILES string of the molecule is CN=C(NCCCS(C)(=O)=O)N1CCC(C)(C)C1. The van der Waals surface area contributed by atoms with Crippen molar-refractivity contribution >= 4 is 15.8 Å². The summed E-state index contributed by atoms with van der Waals surface area (Å²) in [7, 11) is -1.09. The summed E-state index contributed by atoms with van der Waals surface area (Å²) in [6.07, 6.45) is 3.05. The van der Waals surface area contributed by atoms with E-state index < -0.39 is 9.84 Å².